The normalized spacial score (nSPS) is 12.6. The number of hydrogen-bond donors (Lipinski definition) is 3. The van der Waals surface area contributed by atoms with Crippen molar-refractivity contribution in [3.05, 3.63) is 17.0 Å². The molecule has 0 amide bonds. The van der Waals surface area contributed by atoms with Crippen molar-refractivity contribution in [2.24, 2.45) is 5.41 Å². The molecule has 6 nitrogen and oxygen atoms in total. The van der Waals surface area contributed by atoms with Gasteiger partial charge in [-0.3, -0.25) is 4.79 Å². The molecule has 3 N–H and O–H groups in total. The highest BCUT2D eigenvalue weighted by molar-refractivity contribution is 7.91. The molecule has 0 radical (unpaired) electrons. The number of nitrogens with one attached hydrogen (secondary N) is 1. The van der Waals surface area contributed by atoms with E-state index in [1.807, 2.05) is 13.8 Å². The van der Waals surface area contributed by atoms with Crippen molar-refractivity contribution >= 4 is 27.3 Å². The second-order valence-electron chi connectivity index (χ2n) is 5.25. The van der Waals surface area contributed by atoms with Gasteiger partial charge in [-0.25, -0.2) is 13.1 Å². The first-order chi connectivity index (χ1) is 9.16. The van der Waals surface area contributed by atoms with Gasteiger partial charge in [0.05, 0.1) is 6.42 Å². The predicted molar refractivity (Wildman–Crippen MR) is 76.3 cm³/mol. The van der Waals surface area contributed by atoms with Crippen LogP contribution < -0.4 is 4.72 Å². The molecule has 1 aromatic heterocycles. The Kier molecular flexibility index (Phi) is 5.69. The molecular formula is C12H19NO5S2. The van der Waals surface area contributed by atoms with Crippen LogP contribution in [0.1, 0.15) is 25.1 Å². The summed E-state index contributed by atoms with van der Waals surface area (Å²) >= 11 is 0.951. The van der Waals surface area contributed by atoms with Crippen LogP contribution in [0.5, 0.6) is 0 Å². The highest BCUT2D eigenvalue weighted by Crippen LogP contribution is 2.24. The summed E-state index contributed by atoms with van der Waals surface area (Å²) in [6.07, 6.45) is 0.306. The van der Waals surface area contributed by atoms with Crippen molar-refractivity contribution in [3.8, 4) is 0 Å². The van der Waals surface area contributed by atoms with Gasteiger partial charge in [0.1, 0.15) is 4.21 Å². The lowest BCUT2D eigenvalue weighted by Crippen LogP contribution is -2.34. The van der Waals surface area contributed by atoms with Crippen molar-refractivity contribution in [2.75, 3.05) is 13.2 Å². The molecule has 1 heterocycles. The fraction of sp³-hybridized carbons (Fsp3) is 0.583. The molecule has 1 aromatic rings. The molecule has 0 atom stereocenters. The predicted octanol–water partition coefficient (Wildman–Crippen LogP) is 1.06. The highest BCUT2D eigenvalue weighted by atomic mass is 32.2. The second kappa shape index (κ2) is 6.66. The molecule has 8 heteroatoms. The quantitative estimate of drug-likeness (QED) is 0.664. The molecule has 0 aromatic carbocycles. The molecule has 1 rings (SSSR count). The molecular weight excluding hydrogens is 302 g/mol. The van der Waals surface area contributed by atoms with E-state index in [0.29, 0.717) is 11.3 Å². The number of aliphatic hydroxyl groups is 1. The molecule has 0 fully saturated rings. The first kappa shape index (κ1) is 17.1. The lowest BCUT2D eigenvalue weighted by molar-refractivity contribution is -0.136. The fourth-order valence-corrected chi connectivity index (χ4v) is 4.13. The molecule has 0 spiro atoms. The summed E-state index contributed by atoms with van der Waals surface area (Å²) < 4.78 is 26.7. The van der Waals surface area contributed by atoms with Crippen molar-refractivity contribution in [2.45, 2.75) is 30.9 Å². The summed E-state index contributed by atoms with van der Waals surface area (Å²) in [5.74, 6) is -0.993. The van der Waals surface area contributed by atoms with E-state index in [2.05, 4.69) is 4.72 Å². The van der Waals surface area contributed by atoms with Gasteiger partial charge in [-0.05, 0) is 24.0 Å². The van der Waals surface area contributed by atoms with Crippen LogP contribution in [0.2, 0.25) is 0 Å². The lowest BCUT2D eigenvalue weighted by Gasteiger charge is -2.23. The smallest absolute Gasteiger partial charge is 0.308 e. The van der Waals surface area contributed by atoms with E-state index in [-0.39, 0.29) is 29.2 Å². The zero-order chi connectivity index (χ0) is 15.4. The van der Waals surface area contributed by atoms with Gasteiger partial charge in [-0.2, -0.15) is 0 Å². The van der Waals surface area contributed by atoms with E-state index in [0.717, 1.165) is 11.3 Å². The summed E-state index contributed by atoms with van der Waals surface area (Å²) in [5, 5.41) is 17.6. The molecule has 0 aliphatic rings. The number of thiophene rings is 1. The second-order valence-corrected chi connectivity index (χ2v) is 8.42. The Morgan fingerprint density at radius 2 is 2.05 bits per heavy atom. The third-order valence-corrected chi connectivity index (χ3v) is 5.73. The maximum atomic E-state index is 12.1. The lowest BCUT2D eigenvalue weighted by atomic mass is 9.90. The average Bonchev–Trinajstić information content (AvgIpc) is 2.75. The van der Waals surface area contributed by atoms with E-state index < -0.39 is 16.0 Å². The molecule has 114 valence electrons. The van der Waals surface area contributed by atoms with Crippen LogP contribution in [0.25, 0.3) is 0 Å². The van der Waals surface area contributed by atoms with Gasteiger partial charge >= 0.3 is 5.97 Å². The Bertz CT molecular complexity index is 562. The fourth-order valence-electron chi connectivity index (χ4n) is 1.50. The van der Waals surface area contributed by atoms with Gasteiger partial charge in [-0.1, -0.05) is 13.8 Å². The molecule has 0 saturated carbocycles. The van der Waals surface area contributed by atoms with Crippen LogP contribution in [0, 0.1) is 5.41 Å². The topological polar surface area (TPSA) is 104 Å². The third kappa shape index (κ3) is 5.20. The first-order valence-electron chi connectivity index (χ1n) is 6.07. The Hall–Kier alpha value is -0.960. The number of sulfonamides is 1. The maximum absolute atomic E-state index is 12.1. The van der Waals surface area contributed by atoms with Crippen LogP contribution in [-0.4, -0.2) is 37.8 Å². The van der Waals surface area contributed by atoms with Gasteiger partial charge in [0.25, 0.3) is 0 Å². The van der Waals surface area contributed by atoms with Crippen molar-refractivity contribution in [1.29, 1.82) is 0 Å². The molecule has 0 aliphatic carbocycles. The summed E-state index contributed by atoms with van der Waals surface area (Å²) in [5.41, 5.74) is -0.344. The first-order valence-corrected chi connectivity index (χ1v) is 8.37. The molecule has 0 bridgehead atoms. The van der Waals surface area contributed by atoms with Gasteiger partial charge in [0.2, 0.25) is 10.0 Å². The van der Waals surface area contributed by atoms with Gasteiger partial charge < -0.3 is 10.2 Å². The van der Waals surface area contributed by atoms with Gasteiger partial charge in [-0.15, -0.1) is 11.3 Å². The van der Waals surface area contributed by atoms with Crippen LogP contribution in [0.3, 0.4) is 0 Å². The monoisotopic (exact) mass is 321 g/mol. The minimum absolute atomic E-state index is 0.00348. The SMILES string of the molecule is CC(C)(CCO)CNS(=O)(=O)c1ccc(CC(=O)O)s1. The Labute approximate surface area is 122 Å². The summed E-state index contributed by atoms with van der Waals surface area (Å²) in [7, 11) is -3.63. The number of hydrogen-bond acceptors (Lipinski definition) is 5. The van der Waals surface area contributed by atoms with Crippen molar-refractivity contribution in [3.63, 3.8) is 0 Å². The molecule has 0 aliphatic heterocycles. The van der Waals surface area contributed by atoms with E-state index in [9.17, 15) is 13.2 Å². The summed E-state index contributed by atoms with van der Waals surface area (Å²) in [6, 6.07) is 2.91. The number of aliphatic hydroxyl groups excluding tert-OH is 1. The zero-order valence-corrected chi connectivity index (χ0v) is 13.1. The van der Waals surface area contributed by atoms with Gasteiger partial charge in [0.15, 0.2) is 0 Å². The summed E-state index contributed by atoms with van der Waals surface area (Å²) in [6.45, 7) is 3.92. The Balaban J connectivity index is 2.74. The maximum Gasteiger partial charge on any atom is 0.308 e. The number of carboxylic acid groups (broad SMARTS) is 1. The molecule has 0 saturated heterocycles. The summed E-state index contributed by atoms with van der Waals surface area (Å²) in [4.78, 5) is 11.1. The molecule has 20 heavy (non-hydrogen) atoms. The largest absolute Gasteiger partial charge is 0.481 e. The van der Waals surface area contributed by atoms with Crippen molar-refractivity contribution < 1.29 is 23.4 Å². The number of carboxylic acids is 1. The number of rotatable bonds is 8. The van der Waals surface area contributed by atoms with E-state index in [4.69, 9.17) is 10.2 Å². The van der Waals surface area contributed by atoms with E-state index >= 15 is 0 Å². The van der Waals surface area contributed by atoms with Crippen LogP contribution in [0.4, 0.5) is 0 Å². The van der Waals surface area contributed by atoms with Gasteiger partial charge in [0, 0.05) is 18.0 Å². The van der Waals surface area contributed by atoms with Crippen LogP contribution in [0.15, 0.2) is 16.3 Å². The minimum atomic E-state index is -3.63. The number of carbonyl (C=O) groups is 1. The Morgan fingerprint density at radius 3 is 2.60 bits per heavy atom. The average molecular weight is 321 g/mol. The number of aliphatic carboxylic acids is 1. The Morgan fingerprint density at radius 1 is 1.40 bits per heavy atom. The minimum Gasteiger partial charge on any atom is -0.481 e. The van der Waals surface area contributed by atoms with Crippen LogP contribution in [-0.2, 0) is 21.2 Å². The highest BCUT2D eigenvalue weighted by Gasteiger charge is 2.23. The standard InChI is InChI=1S/C12H19NO5S2/c1-12(2,5-6-14)8-13-20(17,18)11-4-3-9(19-11)7-10(15)16/h3-4,13-14H,5-8H2,1-2H3,(H,15,16). The van der Waals surface area contributed by atoms with Crippen molar-refractivity contribution in [1.82, 2.24) is 4.72 Å². The van der Waals surface area contributed by atoms with Crippen LogP contribution >= 0.6 is 11.3 Å². The zero-order valence-electron chi connectivity index (χ0n) is 11.4. The van der Waals surface area contributed by atoms with E-state index in [1.165, 1.54) is 12.1 Å². The third-order valence-electron chi connectivity index (χ3n) is 2.76. The van der Waals surface area contributed by atoms with E-state index in [1.54, 1.807) is 0 Å². The molecule has 0 unspecified atom stereocenters.